The first-order valence-electron chi connectivity index (χ1n) is 8.28. The molecule has 0 saturated carbocycles. The summed E-state index contributed by atoms with van der Waals surface area (Å²) in [4.78, 5) is 24.6. The van der Waals surface area contributed by atoms with E-state index in [2.05, 4.69) is 10.6 Å². The third kappa shape index (κ3) is 6.41. The number of hydrogen-bond donors (Lipinski definition) is 2. The molecular weight excluding hydrogens is 323 g/mol. The Morgan fingerprint density at radius 2 is 1.88 bits per heavy atom. The molecule has 1 aromatic carbocycles. The van der Waals surface area contributed by atoms with Gasteiger partial charge in [-0.3, -0.25) is 9.59 Å². The van der Waals surface area contributed by atoms with Crippen LogP contribution in [0.15, 0.2) is 47.1 Å². The summed E-state index contributed by atoms with van der Waals surface area (Å²) in [5.74, 6) is 0.0156. The Balaban J connectivity index is 1.92. The zero-order valence-electron chi connectivity index (χ0n) is 14.4. The Hall–Kier alpha value is -2.63. The molecule has 0 radical (unpaired) electrons. The minimum absolute atomic E-state index is 0.0976. The van der Waals surface area contributed by atoms with Crippen LogP contribution >= 0.6 is 0 Å². The maximum atomic E-state index is 12.9. The molecule has 0 fully saturated rings. The summed E-state index contributed by atoms with van der Waals surface area (Å²) < 4.78 is 18.1. The Labute approximate surface area is 146 Å². The molecule has 6 heteroatoms. The van der Waals surface area contributed by atoms with Crippen molar-refractivity contribution < 1.29 is 18.4 Å². The monoisotopic (exact) mass is 346 g/mol. The zero-order valence-corrected chi connectivity index (χ0v) is 14.4. The highest BCUT2D eigenvalue weighted by atomic mass is 19.1. The molecule has 1 aromatic heterocycles. The van der Waals surface area contributed by atoms with Crippen LogP contribution in [0.5, 0.6) is 0 Å². The van der Waals surface area contributed by atoms with Crippen LogP contribution in [-0.2, 0) is 22.6 Å². The van der Waals surface area contributed by atoms with Gasteiger partial charge in [0.25, 0.3) is 0 Å². The van der Waals surface area contributed by atoms with Crippen molar-refractivity contribution in [2.75, 3.05) is 0 Å². The second kappa shape index (κ2) is 9.01. The average molecular weight is 346 g/mol. The van der Waals surface area contributed by atoms with E-state index in [0.29, 0.717) is 17.7 Å². The van der Waals surface area contributed by atoms with Crippen molar-refractivity contribution >= 4 is 11.8 Å². The van der Waals surface area contributed by atoms with Gasteiger partial charge in [-0.15, -0.1) is 0 Å². The largest absolute Gasteiger partial charge is 0.467 e. The standard InChI is InChI=1S/C19H23FN2O3/c1-13(2)10-17(19(24)21-12-16-4-3-9-25-16)22-18(23)11-14-5-7-15(20)8-6-14/h3-9,13,17H,10-12H2,1-2H3,(H,21,24)(H,22,23)/t17-/m1/s1. The third-order valence-electron chi connectivity index (χ3n) is 3.65. The highest BCUT2D eigenvalue weighted by molar-refractivity contribution is 5.88. The number of benzene rings is 1. The van der Waals surface area contributed by atoms with E-state index in [0.717, 1.165) is 0 Å². The van der Waals surface area contributed by atoms with Gasteiger partial charge in [0.15, 0.2) is 0 Å². The molecule has 2 rings (SSSR count). The minimum atomic E-state index is -0.622. The summed E-state index contributed by atoms with van der Waals surface area (Å²) >= 11 is 0. The minimum Gasteiger partial charge on any atom is -0.467 e. The lowest BCUT2D eigenvalue weighted by Crippen LogP contribution is -2.47. The van der Waals surface area contributed by atoms with Crippen LogP contribution in [0.3, 0.4) is 0 Å². The van der Waals surface area contributed by atoms with Crippen molar-refractivity contribution in [3.8, 4) is 0 Å². The molecule has 0 bridgehead atoms. The van der Waals surface area contributed by atoms with Crippen molar-refractivity contribution in [3.63, 3.8) is 0 Å². The van der Waals surface area contributed by atoms with Gasteiger partial charge in [0, 0.05) is 0 Å². The Bertz CT molecular complexity index is 681. The SMILES string of the molecule is CC(C)C[C@@H](NC(=O)Cc1ccc(F)cc1)C(=O)NCc1ccco1. The topological polar surface area (TPSA) is 71.3 Å². The second-order valence-electron chi connectivity index (χ2n) is 6.35. The van der Waals surface area contributed by atoms with Gasteiger partial charge in [0.1, 0.15) is 17.6 Å². The van der Waals surface area contributed by atoms with Gasteiger partial charge >= 0.3 is 0 Å². The lowest BCUT2D eigenvalue weighted by Gasteiger charge is -2.20. The quantitative estimate of drug-likeness (QED) is 0.772. The van der Waals surface area contributed by atoms with Crippen LogP contribution < -0.4 is 10.6 Å². The maximum absolute atomic E-state index is 12.9. The van der Waals surface area contributed by atoms with Crippen LogP contribution in [0.1, 0.15) is 31.6 Å². The van der Waals surface area contributed by atoms with Crippen LogP contribution in [0, 0.1) is 11.7 Å². The lowest BCUT2D eigenvalue weighted by molar-refractivity contribution is -0.129. The van der Waals surface area contributed by atoms with Crippen molar-refractivity contribution in [2.24, 2.45) is 5.92 Å². The Kier molecular flexibility index (Phi) is 6.74. The summed E-state index contributed by atoms with van der Waals surface area (Å²) in [5.41, 5.74) is 0.693. The molecule has 1 atom stereocenters. The number of furan rings is 1. The Morgan fingerprint density at radius 1 is 1.16 bits per heavy atom. The molecule has 1 heterocycles. The molecule has 134 valence electrons. The van der Waals surface area contributed by atoms with E-state index in [1.54, 1.807) is 24.3 Å². The van der Waals surface area contributed by atoms with Crippen molar-refractivity contribution in [3.05, 3.63) is 59.8 Å². The summed E-state index contributed by atoms with van der Waals surface area (Å²) in [6.07, 6.45) is 2.16. The van der Waals surface area contributed by atoms with E-state index in [4.69, 9.17) is 4.42 Å². The number of rotatable bonds is 8. The average Bonchev–Trinajstić information content (AvgIpc) is 3.07. The fraction of sp³-hybridized carbons (Fsp3) is 0.368. The van der Waals surface area contributed by atoms with Gasteiger partial charge in [-0.25, -0.2) is 4.39 Å². The normalized spacial score (nSPS) is 12.0. The van der Waals surface area contributed by atoms with Gasteiger partial charge < -0.3 is 15.1 Å². The molecule has 2 N–H and O–H groups in total. The molecule has 0 unspecified atom stereocenters. The lowest BCUT2D eigenvalue weighted by atomic mass is 10.0. The van der Waals surface area contributed by atoms with Crippen LogP contribution in [0.2, 0.25) is 0 Å². The van der Waals surface area contributed by atoms with Crippen LogP contribution in [-0.4, -0.2) is 17.9 Å². The van der Waals surface area contributed by atoms with E-state index in [1.807, 2.05) is 13.8 Å². The highest BCUT2D eigenvalue weighted by Gasteiger charge is 2.22. The summed E-state index contributed by atoms with van der Waals surface area (Å²) in [7, 11) is 0. The van der Waals surface area contributed by atoms with Gasteiger partial charge in [-0.2, -0.15) is 0 Å². The molecule has 0 aliphatic rings. The van der Waals surface area contributed by atoms with Gasteiger partial charge in [0.2, 0.25) is 11.8 Å². The van der Waals surface area contributed by atoms with E-state index >= 15 is 0 Å². The smallest absolute Gasteiger partial charge is 0.242 e. The van der Waals surface area contributed by atoms with Crippen LogP contribution in [0.25, 0.3) is 0 Å². The second-order valence-corrected chi connectivity index (χ2v) is 6.35. The first-order valence-corrected chi connectivity index (χ1v) is 8.28. The predicted molar refractivity (Wildman–Crippen MR) is 92.0 cm³/mol. The molecule has 2 amide bonds. The molecule has 0 aliphatic heterocycles. The predicted octanol–water partition coefficient (Wildman–Crippen LogP) is 2.81. The molecule has 25 heavy (non-hydrogen) atoms. The highest BCUT2D eigenvalue weighted by Crippen LogP contribution is 2.08. The zero-order chi connectivity index (χ0) is 18.2. The summed E-state index contributed by atoms with van der Waals surface area (Å²) in [6.45, 7) is 4.24. The van der Waals surface area contributed by atoms with E-state index in [-0.39, 0.29) is 36.5 Å². The molecule has 0 aliphatic carbocycles. The molecular formula is C19H23FN2O3. The summed E-state index contributed by atoms with van der Waals surface area (Å²) in [5, 5.41) is 5.54. The van der Waals surface area contributed by atoms with Gasteiger partial charge in [0.05, 0.1) is 19.2 Å². The van der Waals surface area contributed by atoms with Crippen molar-refractivity contribution in [1.82, 2.24) is 10.6 Å². The number of halogens is 1. The number of amides is 2. The maximum Gasteiger partial charge on any atom is 0.242 e. The van der Waals surface area contributed by atoms with E-state index < -0.39 is 6.04 Å². The molecule has 2 aromatic rings. The fourth-order valence-corrected chi connectivity index (χ4v) is 2.45. The molecule has 0 saturated heterocycles. The van der Waals surface area contributed by atoms with Crippen molar-refractivity contribution in [2.45, 2.75) is 39.3 Å². The fourth-order valence-electron chi connectivity index (χ4n) is 2.45. The van der Waals surface area contributed by atoms with E-state index in [9.17, 15) is 14.0 Å². The van der Waals surface area contributed by atoms with Crippen molar-refractivity contribution in [1.29, 1.82) is 0 Å². The van der Waals surface area contributed by atoms with Crippen LogP contribution in [0.4, 0.5) is 4.39 Å². The number of hydrogen-bond acceptors (Lipinski definition) is 3. The van der Waals surface area contributed by atoms with E-state index in [1.165, 1.54) is 18.4 Å². The third-order valence-corrected chi connectivity index (χ3v) is 3.65. The number of nitrogens with one attached hydrogen (secondary N) is 2. The number of carbonyl (C=O) groups excluding carboxylic acids is 2. The number of carbonyl (C=O) groups is 2. The molecule has 0 spiro atoms. The molecule has 5 nitrogen and oxygen atoms in total. The van der Waals surface area contributed by atoms with Gasteiger partial charge in [-0.05, 0) is 42.2 Å². The van der Waals surface area contributed by atoms with Gasteiger partial charge in [-0.1, -0.05) is 26.0 Å². The Morgan fingerprint density at radius 3 is 2.48 bits per heavy atom. The first kappa shape index (κ1) is 18.7. The summed E-state index contributed by atoms with van der Waals surface area (Å²) in [6, 6.07) is 8.63. The first-order chi connectivity index (χ1) is 11.9.